The number of aliphatic carboxylic acids is 1. The fourth-order valence-electron chi connectivity index (χ4n) is 1.52. The fraction of sp³-hybridized carbons (Fsp3) is 0.667. The molecule has 1 N–H and O–H groups in total. The Bertz CT molecular complexity index is 176. The van der Waals surface area contributed by atoms with Crippen molar-refractivity contribution in [3.05, 3.63) is 12.2 Å². The van der Waals surface area contributed by atoms with Crippen LogP contribution < -0.4 is 0 Å². The van der Waals surface area contributed by atoms with Gasteiger partial charge in [-0.1, -0.05) is 12.2 Å². The highest BCUT2D eigenvalue weighted by Crippen LogP contribution is 2.25. The van der Waals surface area contributed by atoms with Gasteiger partial charge in [0, 0.05) is 6.61 Å². The smallest absolute Gasteiger partial charge is 0.309 e. The normalized spacial score (nSPS) is 29.8. The quantitative estimate of drug-likeness (QED) is 0.638. The lowest BCUT2D eigenvalue weighted by atomic mass is 9.91. The van der Waals surface area contributed by atoms with Crippen molar-refractivity contribution in [1.82, 2.24) is 0 Å². The molecule has 3 nitrogen and oxygen atoms in total. The molecule has 2 atom stereocenters. The molecule has 12 heavy (non-hydrogen) atoms. The van der Waals surface area contributed by atoms with Crippen LogP contribution in [-0.4, -0.2) is 23.8 Å². The number of carboxylic acid groups (broad SMARTS) is 1. The molecule has 0 amide bonds. The van der Waals surface area contributed by atoms with Crippen LogP contribution in [0.5, 0.6) is 0 Å². The summed E-state index contributed by atoms with van der Waals surface area (Å²) in [5.74, 6) is -1.17. The monoisotopic (exact) mass is 170 g/mol. The summed E-state index contributed by atoms with van der Waals surface area (Å²) < 4.78 is 5.33. The summed E-state index contributed by atoms with van der Waals surface area (Å²) in [5.41, 5.74) is 0.808. The zero-order valence-electron chi connectivity index (χ0n) is 7.25. The minimum absolute atomic E-state index is 0.281. The van der Waals surface area contributed by atoms with Gasteiger partial charge in [-0.3, -0.25) is 4.79 Å². The maximum atomic E-state index is 10.7. The van der Waals surface area contributed by atoms with Crippen LogP contribution in [0.15, 0.2) is 12.2 Å². The number of hydrogen-bond acceptors (Lipinski definition) is 2. The fourth-order valence-corrected chi connectivity index (χ4v) is 1.52. The third-order valence-electron chi connectivity index (χ3n) is 2.13. The zero-order chi connectivity index (χ0) is 9.14. The molecular weight excluding hydrogens is 156 g/mol. The van der Waals surface area contributed by atoms with E-state index in [4.69, 9.17) is 9.84 Å². The van der Waals surface area contributed by atoms with E-state index in [1.54, 1.807) is 0 Å². The number of carbonyl (C=O) groups is 1. The third kappa shape index (κ3) is 1.85. The Balaban J connectivity index is 2.67. The van der Waals surface area contributed by atoms with Crippen molar-refractivity contribution in [3.8, 4) is 0 Å². The number of rotatable bonds is 2. The SMILES string of the molecule is C=C(C)C1OCCCC1C(=O)O. The summed E-state index contributed by atoms with van der Waals surface area (Å²) in [6.07, 6.45) is 1.25. The van der Waals surface area contributed by atoms with Gasteiger partial charge in [-0.25, -0.2) is 0 Å². The Morgan fingerprint density at radius 3 is 2.75 bits per heavy atom. The van der Waals surface area contributed by atoms with Gasteiger partial charge < -0.3 is 9.84 Å². The second-order valence-corrected chi connectivity index (χ2v) is 3.22. The molecule has 0 radical (unpaired) electrons. The molecule has 1 aliphatic heterocycles. The first-order chi connectivity index (χ1) is 5.63. The molecule has 0 aromatic heterocycles. The Labute approximate surface area is 72.0 Å². The van der Waals surface area contributed by atoms with E-state index >= 15 is 0 Å². The van der Waals surface area contributed by atoms with Crippen LogP contribution >= 0.6 is 0 Å². The summed E-state index contributed by atoms with van der Waals surface area (Å²) in [4.78, 5) is 10.7. The summed E-state index contributed by atoms with van der Waals surface area (Å²) >= 11 is 0. The minimum Gasteiger partial charge on any atom is -0.481 e. The van der Waals surface area contributed by atoms with Crippen LogP contribution in [0, 0.1) is 5.92 Å². The first-order valence-electron chi connectivity index (χ1n) is 4.12. The van der Waals surface area contributed by atoms with Crippen LogP contribution in [0.1, 0.15) is 19.8 Å². The van der Waals surface area contributed by atoms with Gasteiger partial charge in [0.15, 0.2) is 0 Å². The van der Waals surface area contributed by atoms with Gasteiger partial charge in [0.1, 0.15) is 0 Å². The van der Waals surface area contributed by atoms with Crippen molar-refractivity contribution in [2.24, 2.45) is 5.92 Å². The molecule has 1 rings (SSSR count). The second-order valence-electron chi connectivity index (χ2n) is 3.22. The van der Waals surface area contributed by atoms with E-state index in [9.17, 15) is 4.79 Å². The molecule has 0 spiro atoms. The van der Waals surface area contributed by atoms with E-state index in [0.29, 0.717) is 13.0 Å². The van der Waals surface area contributed by atoms with Gasteiger partial charge in [-0.2, -0.15) is 0 Å². The van der Waals surface area contributed by atoms with Crippen LogP contribution in [0.25, 0.3) is 0 Å². The van der Waals surface area contributed by atoms with Gasteiger partial charge in [-0.05, 0) is 19.8 Å². The molecule has 2 unspecified atom stereocenters. The Morgan fingerprint density at radius 2 is 2.33 bits per heavy atom. The predicted molar refractivity (Wildman–Crippen MR) is 44.9 cm³/mol. The standard InChI is InChI=1S/C9H14O3/c1-6(2)8-7(9(10)11)4-3-5-12-8/h7-8H,1,3-5H2,2H3,(H,10,11). The summed E-state index contributed by atoms with van der Waals surface area (Å²) in [5, 5.41) is 8.84. The van der Waals surface area contributed by atoms with Gasteiger partial charge in [0.05, 0.1) is 12.0 Å². The van der Waals surface area contributed by atoms with Crippen molar-refractivity contribution in [1.29, 1.82) is 0 Å². The average Bonchev–Trinajstić information content (AvgIpc) is 2.04. The Kier molecular flexibility index (Phi) is 2.87. The van der Waals surface area contributed by atoms with Crippen molar-refractivity contribution in [3.63, 3.8) is 0 Å². The largest absolute Gasteiger partial charge is 0.481 e. The molecule has 1 saturated heterocycles. The topological polar surface area (TPSA) is 46.5 Å². The van der Waals surface area contributed by atoms with Gasteiger partial charge >= 0.3 is 5.97 Å². The lowest BCUT2D eigenvalue weighted by Gasteiger charge is -2.29. The molecule has 1 fully saturated rings. The predicted octanol–water partition coefficient (Wildman–Crippen LogP) is 1.44. The molecule has 68 valence electrons. The molecule has 0 aliphatic carbocycles. The third-order valence-corrected chi connectivity index (χ3v) is 2.13. The van der Waals surface area contributed by atoms with Gasteiger partial charge in [0.25, 0.3) is 0 Å². The number of carboxylic acids is 1. The van der Waals surface area contributed by atoms with Crippen molar-refractivity contribution in [2.45, 2.75) is 25.9 Å². The molecule has 0 aromatic carbocycles. The lowest BCUT2D eigenvalue weighted by Crippen LogP contribution is -2.35. The maximum Gasteiger partial charge on any atom is 0.309 e. The molecule has 1 heterocycles. The summed E-state index contributed by atoms with van der Waals surface area (Å²) in [7, 11) is 0. The molecule has 1 aliphatic rings. The molecule has 0 aromatic rings. The van der Waals surface area contributed by atoms with E-state index in [2.05, 4.69) is 6.58 Å². The Morgan fingerprint density at radius 1 is 1.67 bits per heavy atom. The molecule has 0 saturated carbocycles. The van der Waals surface area contributed by atoms with Crippen LogP contribution in [0.3, 0.4) is 0 Å². The van der Waals surface area contributed by atoms with E-state index < -0.39 is 11.9 Å². The summed E-state index contributed by atoms with van der Waals surface area (Å²) in [6.45, 7) is 6.19. The number of hydrogen-bond donors (Lipinski definition) is 1. The first-order valence-corrected chi connectivity index (χ1v) is 4.12. The highest BCUT2D eigenvalue weighted by molar-refractivity contribution is 5.71. The van der Waals surface area contributed by atoms with Crippen molar-refractivity contribution >= 4 is 5.97 Å². The van der Waals surface area contributed by atoms with Crippen molar-refractivity contribution in [2.75, 3.05) is 6.61 Å². The van der Waals surface area contributed by atoms with E-state index in [-0.39, 0.29) is 6.10 Å². The van der Waals surface area contributed by atoms with E-state index in [1.165, 1.54) is 0 Å². The number of ether oxygens (including phenoxy) is 1. The Hall–Kier alpha value is -0.830. The summed E-state index contributed by atoms with van der Waals surface area (Å²) in [6, 6.07) is 0. The molecular formula is C9H14O3. The van der Waals surface area contributed by atoms with Gasteiger partial charge in [0.2, 0.25) is 0 Å². The second kappa shape index (κ2) is 3.72. The highest BCUT2D eigenvalue weighted by atomic mass is 16.5. The van der Waals surface area contributed by atoms with Crippen LogP contribution in [-0.2, 0) is 9.53 Å². The van der Waals surface area contributed by atoms with E-state index in [0.717, 1.165) is 12.0 Å². The maximum absolute atomic E-state index is 10.7. The lowest BCUT2D eigenvalue weighted by molar-refractivity contribution is -0.149. The van der Waals surface area contributed by atoms with Crippen LogP contribution in [0.4, 0.5) is 0 Å². The van der Waals surface area contributed by atoms with Crippen molar-refractivity contribution < 1.29 is 14.6 Å². The average molecular weight is 170 g/mol. The first kappa shape index (κ1) is 9.26. The molecule has 0 bridgehead atoms. The highest BCUT2D eigenvalue weighted by Gasteiger charge is 2.31. The van der Waals surface area contributed by atoms with E-state index in [1.807, 2.05) is 6.92 Å². The molecule has 3 heteroatoms. The minimum atomic E-state index is -0.775. The van der Waals surface area contributed by atoms with Gasteiger partial charge in [-0.15, -0.1) is 0 Å². The zero-order valence-corrected chi connectivity index (χ0v) is 7.25. The van der Waals surface area contributed by atoms with Crippen LogP contribution in [0.2, 0.25) is 0 Å².